The van der Waals surface area contributed by atoms with E-state index < -0.39 is 0 Å². The Morgan fingerprint density at radius 3 is 2.71 bits per heavy atom. The van der Waals surface area contributed by atoms with Gasteiger partial charge in [0, 0.05) is 11.5 Å². The number of benzene rings is 1. The van der Waals surface area contributed by atoms with Crippen LogP contribution in [-0.4, -0.2) is 15.9 Å². The molecule has 0 radical (unpaired) electrons. The van der Waals surface area contributed by atoms with Crippen molar-refractivity contribution in [3.05, 3.63) is 54.0 Å². The quantitative estimate of drug-likeness (QED) is 0.537. The minimum Gasteiger partial charge on any atom is -0.346 e. The van der Waals surface area contributed by atoms with Crippen LogP contribution in [0.1, 0.15) is 75.2 Å². The van der Waals surface area contributed by atoms with Crippen molar-refractivity contribution >= 4 is 5.91 Å². The highest BCUT2D eigenvalue weighted by atomic mass is 16.1. The Morgan fingerprint density at radius 1 is 1.04 bits per heavy atom. The summed E-state index contributed by atoms with van der Waals surface area (Å²) >= 11 is 0. The van der Waals surface area contributed by atoms with Gasteiger partial charge in [-0.3, -0.25) is 4.79 Å². The molecule has 1 atom stereocenters. The average molecular weight is 378 g/mol. The number of aromatic amines is 1. The summed E-state index contributed by atoms with van der Waals surface area (Å²) in [6.07, 6.45) is 17.3. The standard InChI is InChI=1S/C24H31N3O/c28-24(19-13-6-1-2-7-14-19)27-21-16-8-4-3-5-11-18-12-9-10-15-20(18)22-17-25-23(21)26-22/h4,8-10,12,15,17,19,21H,1-3,5-7,11,13-14,16H2,(H,25,26)(H,27,28)/b8-4+. The molecule has 0 saturated heterocycles. The topological polar surface area (TPSA) is 57.8 Å². The molecule has 2 aromatic rings. The van der Waals surface area contributed by atoms with Crippen molar-refractivity contribution in [1.82, 2.24) is 15.3 Å². The number of rotatable bonds is 2. The smallest absolute Gasteiger partial charge is 0.223 e. The minimum absolute atomic E-state index is 0.0904. The molecule has 1 aliphatic heterocycles. The zero-order valence-corrected chi connectivity index (χ0v) is 16.6. The number of H-pyrrole nitrogens is 1. The van der Waals surface area contributed by atoms with Crippen molar-refractivity contribution in [3.63, 3.8) is 0 Å². The molecule has 1 amide bonds. The third kappa shape index (κ3) is 4.54. The molecule has 1 saturated carbocycles. The fourth-order valence-corrected chi connectivity index (χ4v) is 4.48. The molecule has 4 rings (SSSR count). The van der Waals surface area contributed by atoms with Gasteiger partial charge in [-0.1, -0.05) is 62.1 Å². The van der Waals surface area contributed by atoms with Gasteiger partial charge in [0.25, 0.3) is 0 Å². The number of hydrogen-bond acceptors (Lipinski definition) is 2. The average Bonchev–Trinajstić information content (AvgIpc) is 3.04. The third-order valence-electron chi connectivity index (χ3n) is 6.13. The van der Waals surface area contributed by atoms with Gasteiger partial charge in [-0.2, -0.15) is 0 Å². The van der Waals surface area contributed by atoms with Crippen molar-refractivity contribution in [2.45, 2.75) is 70.3 Å². The van der Waals surface area contributed by atoms with Crippen LogP contribution in [0, 0.1) is 5.92 Å². The highest BCUT2D eigenvalue weighted by molar-refractivity contribution is 5.79. The first kappa shape index (κ1) is 19.0. The Morgan fingerprint density at radius 2 is 1.86 bits per heavy atom. The van der Waals surface area contributed by atoms with Crippen LogP contribution in [0.4, 0.5) is 0 Å². The van der Waals surface area contributed by atoms with E-state index in [9.17, 15) is 4.79 Å². The van der Waals surface area contributed by atoms with E-state index in [4.69, 9.17) is 0 Å². The SMILES string of the molecule is O=C(NC1C/C=C/CCCc2ccccc2-c2cnc1[nH]2)C1CCCCCC1. The molecular weight excluding hydrogens is 346 g/mol. The Labute approximate surface area is 167 Å². The lowest BCUT2D eigenvalue weighted by molar-refractivity contribution is -0.126. The van der Waals surface area contributed by atoms with Crippen molar-refractivity contribution < 1.29 is 4.79 Å². The van der Waals surface area contributed by atoms with Crippen LogP contribution in [-0.2, 0) is 11.2 Å². The molecule has 1 aromatic heterocycles. The van der Waals surface area contributed by atoms with E-state index in [1.54, 1.807) is 0 Å². The summed E-state index contributed by atoms with van der Waals surface area (Å²) < 4.78 is 0. The number of aromatic nitrogens is 2. The monoisotopic (exact) mass is 377 g/mol. The number of nitrogens with one attached hydrogen (secondary N) is 2. The van der Waals surface area contributed by atoms with E-state index in [0.29, 0.717) is 0 Å². The molecule has 2 heterocycles. The van der Waals surface area contributed by atoms with Gasteiger partial charge in [-0.05, 0) is 44.1 Å². The van der Waals surface area contributed by atoms with Gasteiger partial charge in [0.05, 0.1) is 17.9 Å². The second-order valence-corrected chi connectivity index (χ2v) is 8.19. The maximum atomic E-state index is 12.9. The van der Waals surface area contributed by atoms with Gasteiger partial charge in [0.15, 0.2) is 0 Å². The predicted octanol–water partition coefficient (Wildman–Crippen LogP) is 5.49. The lowest BCUT2D eigenvalue weighted by atomic mass is 9.98. The molecule has 1 aliphatic carbocycles. The number of fused-ring (bicyclic) bond motifs is 4. The van der Waals surface area contributed by atoms with Crippen molar-refractivity contribution in [2.24, 2.45) is 5.92 Å². The molecule has 1 fully saturated rings. The summed E-state index contributed by atoms with van der Waals surface area (Å²) in [5, 5.41) is 3.30. The van der Waals surface area contributed by atoms with Gasteiger partial charge >= 0.3 is 0 Å². The van der Waals surface area contributed by atoms with Crippen molar-refractivity contribution in [2.75, 3.05) is 0 Å². The molecule has 1 unspecified atom stereocenters. The summed E-state index contributed by atoms with van der Waals surface area (Å²) in [7, 11) is 0. The fourth-order valence-electron chi connectivity index (χ4n) is 4.48. The van der Waals surface area contributed by atoms with Crippen LogP contribution < -0.4 is 5.32 Å². The molecule has 28 heavy (non-hydrogen) atoms. The highest BCUT2D eigenvalue weighted by Gasteiger charge is 2.24. The number of nitrogens with zero attached hydrogens (tertiary/aromatic N) is 1. The predicted molar refractivity (Wildman–Crippen MR) is 113 cm³/mol. The van der Waals surface area contributed by atoms with Gasteiger partial charge in [-0.25, -0.2) is 4.98 Å². The molecular formula is C24H31N3O. The second kappa shape index (κ2) is 9.22. The van der Waals surface area contributed by atoms with Crippen LogP contribution in [0.25, 0.3) is 11.3 Å². The summed E-state index contributed by atoms with van der Waals surface area (Å²) in [6, 6.07) is 8.46. The largest absolute Gasteiger partial charge is 0.346 e. The van der Waals surface area contributed by atoms with Crippen molar-refractivity contribution in [3.8, 4) is 11.3 Å². The lowest BCUT2D eigenvalue weighted by Gasteiger charge is -2.20. The number of carbonyl (C=O) groups excluding carboxylic acids is 1. The maximum absolute atomic E-state index is 12.9. The normalized spacial score (nSPS) is 22.2. The third-order valence-corrected chi connectivity index (χ3v) is 6.13. The molecule has 4 heteroatoms. The minimum atomic E-state index is -0.0904. The Bertz CT molecular complexity index is 815. The molecule has 1 aromatic carbocycles. The Kier molecular flexibility index (Phi) is 6.25. The fraction of sp³-hybridized carbons (Fsp3) is 0.500. The second-order valence-electron chi connectivity index (χ2n) is 8.19. The molecule has 148 valence electrons. The molecule has 2 aliphatic rings. The number of aryl methyl sites for hydroxylation is 1. The first-order valence-corrected chi connectivity index (χ1v) is 10.9. The summed E-state index contributed by atoms with van der Waals surface area (Å²) in [4.78, 5) is 21.1. The number of imidazole rings is 1. The first-order valence-electron chi connectivity index (χ1n) is 10.9. The van der Waals surface area contributed by atoms with E-state index in [-0.39, 0.29) is 17.9 Å². The summed E-state index contributed by atoms with van der Waals surface area (Å²) in [5.41, 5.74) is 3.62. The number of hydrogen-bond donors (Lipinski definition) is 2. The molecule has 2 N–H and O–H groups in total. The molecule has 2 bridgehead atoms. The van der Waals surface area contributed by atoms with Crippen LogP contribution in [0.5, 0.6) is 0 Å². The Hall–Kier alpha value is -2.36. The van der Waals surface area contributed by atoms with Crippen LogP contribution in [0.3, 0.4) is 0 Å². The molecule has 0 spiro atoms. The van der Waals surface area contributed by atoms with E-state index in [1.807, 2.05) is 6.20 Å². The van der Waals surface area contributed by atoms with Crippen molar-refractivity contribution in [1.29, 1.82) is 0 Å². The van der Waals surface area contributed by atoms with Gasteiger partial charge < -0.3 is 10.3 Å². The van der Waals surface area contributed by atoms with Gasteiger partial charge in [0.2, 0.25) is 5.91 Å². The van der Waals surface area contributed by atoms with Crippen LogP contribution in [0.2, 0.25) is 0 Å². The van der Waals surface area contributed by atoms with E-state index in [1.165, 1.54) is 36.8 Å². The zero-order chi connectivity index (χ0) is 19.2. The highest BCUT2D eigenvalue weighted by Crippen LogP contribution is 2.28. The lowest BCUT2D eigenvalue weighted by Crippen LogP contribution is -2.34. The number of amides is 1. The summed E-state index contributed by atoms with van der Waals surface area (Å²) in [5.74, 6) is 1.21. The number of carbonyl (C=O) groups is 1. The van der Waals surface area contributed by atoms with Crippen LogP contribution in [0.15, 0.2) is 42.6 Å². The Balaban J connectivity index is 1.57. The van der Waals surface area contributed by atoms with E-state index in [0.717, 1.165) is 50.0 Å². The van der Waals surface area contributed by atoms with Gasteiger partial charge in [0.1, 0.15) is 5.82 Å². The summed E-state index contributed by atoms with van der Waals surface area (Å²) in [6.45, 7) is 0. The van der Waals surface area contributed by atoms with Crippen LogP contribution >= 0.6 is 0 Å². The molecule has 4 nitrogen and oxygen atoms in total. The first-order chi connectivity index (χ1) is 13.8. The number of allylic oxidation sites excluding steroid dienone is 1. The maximum Gasteiger partial charge on any atom is 0.223 e. The van der Waals surface area contributed by atoms with E-state index >= 15 is 0 Å². The van der Waals surface area contributed by atoms with E-state index in [2.05, 4.69) is 51.7 Å². The zero-order valence-electron chi connectivity index (χ0n) is 16.6. The van der Waals surface area contributed by atoms with Gasteiger partial charge in [-0.15, -0.1) is 0 Å².